The molecule has 1 heterocycles. The maximum Gasteiger partial charge on any atom is 0.242 e. The van der Waals surface area contributed by atoms with Gasteiger partial charge in [0.15, 0.2) is 0 Å². The Balaban J connectivity index is 2.34. The normalized spacial score (nSPS) is 25.8. The summed E-state index contributed by atoms with van der Waals surface area (Å²) in [5, 5.41) is 11.8. The second-order valence-corrected chi connectivity index (χ2v) is 4.84. The van der Waals surface area contributed by atoms with Crippen LogP contribution in [0.2, 0.25) is 0 Å². The standard InChI is InChI=1S/C12H24N2O3/c1-2-3-10(4-6-15)8-14-11(16)12(13)5-7-17-9-12/h10,15H,2-9,13H2,1H3,(H,14,16). The SMILES string of the molecule is CCCC(CCO)CNC(=O)C1(N)CCOC1. The molecule has 17 heavy (non-hydrogen) atoms. The first kappa shape index (κ1) is 14.4. The van der Waals surface area contributed by atoms with E-state index in [4.69, 9.17) is 15.6 Å². The van der Waals surface area contributed by atoms with Crippen LogP contribution in [0.5, 0.6) is 0 Å². The van der Waals surface area contributed by atoms with Gasteiger partial charge in [0, 0.05) is 19.8 Å². The minimum atomic E-state index is -0.851. The molecular formula is C12H24N2O3. The van der Waals surface area contributed by atoms with Crippen molar-refractivity contribution in [2.45, 2.75) is 38.1 Å². The third-order valence-electron chi connectivity index (χ3n) is 3.29. The van der Waals surface area contributed by atoms with Crippen molar-refractivity contribution in [3.8, 4) is 0 Å². The zero-order valence-corrected chi connectivity index (χ0v) is 10.6. The minimum absolute atomic E-state index is 0.131. The predicted octanol–water partition coefficient (Wildman–Crippen LogP) is 0.0191. The molecule has 1 rings (SSSR count). The molecule has 1 saturated heterocycles. The number of nitrogens with one attached hydrogen (secondary N) is 1. The van der Waals surface area contributed by atoms with Crippen molar-refractivity contribution in [2.75, 3.05) is 26.4 Å². The van der Waals surface area contributed by atoms with Crippen molar-refractivity contribution >= 4 is 5.91 Å². The molecule has 0 aromatic rings. The lowest BCUT2D eigenvalue weighted by atomic mass is 9.97. The zero-order valence-electron chi connectivity index (χ0n) is 10.6. The summed E-state index contributed by atoms with van der Waals surface area (Å²) in [7, 11) is 0. The summed E-state index contributed by atoms with van der Waals surface area (Å²) in [4.78, 5) is 11.9. The number of ether oxygens (including phenoxy) is 1. The van der Waals surface area contributed by atoms with Gasteiger partial charge in [0.05, 0.1) is 6.61 Å². The van der Waals surface area contributed by atoms with Crippen molar-refractivity contribution in [3.63, 3.8) is 0 Å². The molecule has 0 aromatic carbocycles. The van der Waals surface area contributed by atoms with Crippen LogP contribution in [-0.2, 0) is 9.53 Å². The highest BCUT2D eigenvalue weighted by Crippen LogP contribution is 2.16. The van der Waals surface area contributed by atoms with Crippen LogP contribution in [0.3, 0.4) is 0 Å². The number of hydrogen-bond donors (Lipinski definition) is 3. The van der Waals surface area contributed by atoms with Gasteiger partial charge in [-0.15, -0.1) is 0 Å². The Morgan fingerprint density at radius 1 is 1.59 bits per heavy atom. The molecule has 0 aliphatic carbocycles. The van der Waals surface area contributed by atoms with Gasteiger partial charge >= 0.3 is 0 Å². The van der Waals surface area contributed by atoms with Crippen LogP contribution in [0.4, 0.5) is 0 Å². The fourth-order valence-corrected chi connectivity index (χ4v) is 2.11. The molecule has 1 fully saturated rings. The largest absolute Gasteiger partial charge is 0.396 e. The summed E-state index contributed by atoms with van der Waals surface area (Å²) in [6, 6.07) is 0. The number of aliphatic hydroxyl groups is 1. The van der Waals surface area contributed by atoms with Crippen molar-refractivity contribution in [2.24, 2.45) is 11.7 Å². The average molecular weight is 244 g/mol. The maximum absolute atomic E-state index is 11.9. The van der Waals surface area contributed by atoms with Crippen LogP contribution >= 0.6 is 0 Å². The molecule has 5 nitrogen and oxygen atoms in total. The van der Waals surface area contributed by atoms with E-state index in [0.717, 1.165) is 19.3 Å². The first-order valence-electron chi connectivity index (χ1n) is 6.38. The number of aliphatic hydroxyl groups excluding tert-OH is 1. The Labute approximate surface area is 103 Å². The first-order chi connectivity index (χ1) is 8.12. The van der Waals surface area contributed by atoms with E-state index < -0.39 is 5.54 Å². The number of carbonyl (C=O) groups excluding carboxylic acids is 1. The van der Waals surface area contributed by atoms with Gasteiger partial charge in [0.25, 0.3) is 0 Å². The van der Waals surface area contributed by atoms with Crippen molar-refractivity contribution < 1.29 is 14.6 Å². The fraction of sp³-hybridized carbons (Fsp3) is 0.917. The van der Waals surface area contributed by atoms with Crippen molar-refractivity contribution in [3.05, 3.63) is 0 Å². The highest BCUT2D eigenvalue weighted by molar-refractivity contribution is 5.86. The Kier molecular flexibility index (Phi) is 5.88. The molecule has 100 valence electrons. The molecule has 0 bridgehead atoms. The lowest BCUT2D eigenvalue weighted by molar-refractivity contribution is -0.126. The zero-order chi connectivity index (χ0) is 12.7. The summed E-state index contributed by atoms with van der Waals surface area (Å²) in [5.74, 6) is 0.203. The van der Waals surface area contributed by atoms with Gasteiger partial charge in [0.1, 0.15) is 5.54 Å². The minimum Gasteiger partial charge on any atom is -0.396 e. The van der Waals surface area contributed by atoms with E-state index in [-0.39, 0.29) is 12.5 Å². The molecule has 2 atom stereocenters. The summed E-state index contributed by atoms with van der Waals surface area (Å²) >= 11 is 0. The summed E-state index contributed by atoms with van der Waals surface area (Å²) in [6.07, 6.45) is 3.37. The van der Waals surface area contributed by atoms with Crippen LogP contribution in [0, 0.1) is 5.92 Å². The Morgan fingerprint density at radius 2 is 2.35 bits per heavy atom. The number of rotatable bonds is 7. The number of carbonyl (C=O) groups is 1. The van der Waals surface area contributed by atoms with Crippen LogP contribution in [0.15, 0.2) is 0 Å². The molecule has 0 saturated carbocycles. The third-order valence-corrected chi connectivity index (χ3v) is 3.29. The molecule has 5 heteroatoms. The second kappa shape index (κ2) is 6.93. The van der Waals surface area contributed by atoms with E-state index in [1.165, 1.54) is 0 Å². The number of hydrogen-bond acceptors (Lipinski definition) is 4. The Hall–Kier alpha value is -0.650. The van der Waals surface area contributed by atoms with E-state index in [9.17, 15) is 4.79 Å². The predicted molar refractivity (Wildman–Crippen MR) is 65.5 cm³/mol. The number of amides is 1. The van der Waals surface area contributed by atoms with Crippen LogP contribution in [-0.4, -0.2) is 42.9 Å². The van der Waals surface area contributed by atoms with E-state index in [2.05, 4.69) is 12.2 Å². The lowest BCUT2D eigenvalue weighted by Crippen LogP contribution is -2.55. The van der Waals surface area contributed by atoms with Gasteiger partial charge in [-0.05, 0) is 25.2 Å². The van der Waals surface area contributed by atoms with Gasteiger partial charge in [0.2, 0.25) is 5.91 Å². The Bertz CT molecular complexity index is 234. The van der Waals surface area contributed by atoms with Gasteiger partial charge in [-0.25, -0.2) is 0 Å². The molecule has 0 aromatic heterocycles. The van der Waals surface area contributed by atoms with Gasteiger partial charge in [-0.3, -0.25) is 4.79 Å². The number of nitrogens with two attached hydrogens (primary N) is 1. The summed E-state index contributed by atoms with van der Waals surface area (Å²) in [5.41, 5.74) is 5.10. The smallest absolute Gasteiger partial charge is 0.242 e. The van der Waals surface area contributed by atoms with Crippen LogP contribution < -0.4 is 11.1 Å². The van der Waals surface area contributed by atoms with E-state index >= 15 is 0 Å². The third kappa shape index (κ3) is 4.26. The lowest BCUT2D eigenvalue weighted by Gasteiger charge is -2.23. The molecule has 1 aliphatic heterocycles. The molecule has 2 unspecified atom stereocenters. The first-order valence-corrected chi connectivity index (χ1v) is 6.38. The second-order valence-electron chi connectivity index (χ2n) is 4.84. The monoisotopic (exact) mass is 244 g/mol. The molecule has 1 amide bonds. The quantitative estimate of drug-likeness (QED) is 0.589. The van der Waals surface area contributed by atoms with E-state index in [0.29, 0.717) is 32.1 Å². The topological polar surface area (TPSA) is 84.6 Å². The van der Waals surface area contributed by atoms with E-state index in [1.54, 1.807) is 0 Å². The van der Waals surface area contributed by atoms with Crippen LogP contribution in [0.1, 0.15) is 32.6 Å². The van der Waals surface area contributed by atoms with E-state index in [1.807, 2.05) is 0 Å². The maximum atomic E-state index is 11.9. The molecule has 1 aliphatic rings. The summed E-state index contributed by atoms with van der Waals surface area (Å²) in [6.45, 7) is 3.71. The highest BCUT2D eigenvalue weighted by atomic mass is 16.5. The van der Waals surface area contributed by atoms with Gasteiger partial charge in [-0.2, -0.15) is 0 Å². The van der Waals surface area contributed by atoms with Crippen molar-refractivity contribution in [1.29, 1.82) is 0 Å². The molecule has 4 N–H and O–H groups in total. The molecular weight excluding hydrogens is 220 g/mol. The van der Waals surface area contributed by atoms with Gasteiger partial charge in [-0.1, -0.05) is 13.3 Å². The van der Waals surface area contributed by atoms with Crippen molar-refractivity contribution in [1.82, 2.24) is 5.32 Å². The average Bonchev–Trinajstić information content (AvgIpc) is 2.74. The Morgan fingerprint density at radius 3 is 2.88 bits per heavy atom. The van der Waals surface area contributed by atoms with Gasteiger partial charge < -0.3 is 20.9 Å². The summed E-state index contributed by atoms with van der Waals surface area (Å²) < 4.78 is 5.16. The highest BCUT2D eigenvalue weighted by Gasteiger charge is 2.38. The van der Waals surface area contributed by atoms with Crippen LogP contribution in [0.25, 0.3) is 0 Å². The molecule has 0 radical (unpaired) electrons. The fourth-order valence-electron chi connectivity index (χ4n) is 2.11. The molecule has 0 spiro atoms.